The Kier molecular flexibility index (Phi) is 3.46. The van der Waals surface area contributed by atoms with Gasteiger partial charge in [0.05, 0.1) is 6.61 Å². The van der Waals surface area contributed by atoms with Crippen molar-refractivity contribution in [2.24, 2.45) is 0 Å². The van der Waals surface area contributed by atoms with Crippen LogP contribution in [0.25, 0.3) is 0 Å². The van der Waals surface area contributed by atoms with Crippen LogP contribution in [0.1, 0.15) is 17.5 Å². The van der Waals surface area contributed by atoms with Gasteiger partial charge in [-0.2, -0.15) is 0 Å². The van der Waals surface area contributed by atoms with E-state index in [1.165, 1.54) is 0 Å². The molecular weight excluding hydrogens is 276 g/mol. The van der Waals surface area contributed by atoms with Crippen LogP contribution in [-0.4, -0.2) is 17.9 Å². The van der Waals surface area contributed by atoms with Crippen molar-refractivity contribution in [2.75, 3.05) is 6.79 Å². The average Bonchev–Trinajstić information content (AvgIpc) is 2.26. The lowest BCUT2D eigenvalue weighted by Gasteiger charge is -2.19. The van der Waals surface area contributed by atoms with Gasteiger partial charge >= 0.3 is 5.97 Å². The third kappa shape index (κ3) is 2.54. The first-order chi connectivity index (χ1) is 7.66. The number of fused-ring (bicyclic) bond motifs is 1. The maximum absolute atomic E-state index is 10.5. The molecule has 1 aliphatic rings. The molecule has 1 aromatic carbocycles. The predicted octanol–water partition coefficient (Wildman–Crippen LogP) is 2.33. The first-order valence-electron chi connectivity index (χ1n) is 4.90. The lowest BCUT2D eigenvalue weighted by atomic mass is 10.1. The summed E-state index contributed by atoms with van der Waals surface area (Å²) in [4.78, 5) is 10.5. The highest BCUT2D eigenvalue weighted by Gasteiger charge is 2.14. The van der Waals surface area contributed by atoms with E-state index in [2.05, 4.69) is 15.9 Å². The number of carboxylic acids is 1. The topological polar surface area (TPSA) is 55.8 Å². The summed E-state index contributed by atoms with van der Waals surface area (Å²) in [7, 11) is 0. The Morgan fingerprint density at radius 3 is 3.06 bits per heavy atom. The average molecular weight is 287 g/mol. The van der Waals surface area contributed by atoms with Crippen molar-refractivity contribution in [3.8, 4) is 5.75 Å². The molecule has 0 atom stereocenters. The predicted molar refractivity (Wildman–Crippen MR) is 60.4 cm³/mol. The molecule has 0 amide bonds. The summed E-state index contributed by atoms with van der Waals surface area (Å²) < 4.78 is 11.4. The highest BCUT2D eigenvalue weighted by atomic mass is 79.9. The van der Waals surface area contributed by atoms with Crippen molar-refractivity contribution in [3.63, 3.8) is 0 Å². The Morgan fingerprint density at radius 2 is 2.31 bits per heavy atom. The third-order valence-electron chi connectivity index (χ3n) is 2.39. The molecule has 5 heteroatoms. The van der Waals surface area contributed by atoms with Crippen LogP contribution >= 0.6 is 15.9 Å². The van der Waals surface area contributed by atoms with Crippen LogP contribution in [0.3, 0.4) is 0 Å². The second-order valence-corrected chi connectivity index (χ2v) is 4.41. The maximum atomic E-state index is 10.5. The molecule has 1 aromatic rings. The van der Waals surface area contributed by atoms with Gasteiger partial charge in [0.25, 0.3) is 0 Å². The Balaban J connectivity index is 2.21. The number of ether oxygens (including phenoxy) is 2. The van der Waals surface area contributed by atoms with Gasteiger partial charge in [0.1, 0.15) is 5.75 Å². The zero-order chi connectivity index (χ0) is 11.5. The second kappa shape index (κ2) is 4.84. The highest BCUT2D eigenvalue weighted by Crippen LogP contribution is 2.30. The van der Waals surface area contributed by atoms with Gasteiger partial charge in [-0.25, -0.2) is 0 Å². The second-order valence-electron chi connectivity index (χ2n) is 3.56. The lowest BCUT2D eigenvalue weighted by molar-refractivity contribution is -0.136. The summed E-state index contributed by atoms with van der Waals surface area (Å²) in [6.45, 7) is 0.792. The largest absolute Gasteiger partial charge is 0.481 e. The van der Waals surface area contributed by atoms with E-state index < -0.39 is 5.97 Å². The molecular formula is C11H11BrO4. The van der Waals surface area contributed by atoms with Gasteiger partial charge < -0.3 is 14.6 Å². The van der Waals surface area contributed by atoms with E-state index in [-0.39, 0.29) is 13.2 Å². The Labute approximate surface area is 101 Å². The molecule has 0 aromatic heterocycles. The van der Waals surface area contributed by atoms with Crippen molar-refractivity contribution >= 4 is 21.9 Å². The van der Waals surface area contributed by atoms with E-state index in [1.807, 2.05) is 12.1 Å². The van der Waals surface area contributed by atoms with E-state index in [1.54, 1.807) is 0 Å². The van der Waals surface area contributed by atoms with Crippen molar-refractivity contribution in [3.05, 3.63) is 27.7 Å². The van der Waals surface area contributed by atoms with Gasteiger partial charge in [-0.15, -0.1) is 0 Å². The summed E-state index contributed by atoms with van der Waals surface area (Å²) in [6.07, 6.45) is 0.612. The molecule has 2 rings (SSSR count). The van der Waals surface area contributed by atoms with Crippen LogP contribution in [0.15, 0.2) is 16.6 Å². The van der Waals surface area contributed by atoms with Gasteiger partial charge in [-0.1, -0.05) is 15.9 Å². The number of hydrogen-bond donors (Lipinski definition) is 1. The minimum Gasteiger partial charge on any atom is -0.481 e. The van der Waals surface area contributed by atoms with Crippen molar-refractivity contribution < 1.29 is 19.4 Å². The molecule has 86 valence electrons. The monoisotopic (exact) mass is 286 g/mol. The van der Waals surface area contributed by atoms with E-state index in [0.717, 1.165) is 21.3 Å². The van der Waals surface area contributed by atoms with Gasteiger partial charge in [0.2, 0.25) is 0 Å². The first-order valence-corrected chi connectivity index (χ1v) is 5.70. The molecule has 1 heterocycles. The number of carbonyl (C=O) groups is 1. The zero-order valence-electron chi connectivity index (χ0n) is 8.53. The summed E-state index contributed by atoms with van der Waals surface area (Å²) in [6, 6.07) is 3.80. The molecule has 0 radical (unpaired) electrons. The van der Waals surface area contributed by atoms with Crippen LogP contribution in [0.5, 0.6) is 5.75 Å². The van der Waals surface area contributed by atoms with Crippen LogP contribution in [0.2, 0.25) is 0 Å². The highest BCUT2D eigenvalue weighted by molar-refractivity contribution is 9.10. The standard InChI is InChI=1S/C11H11BrO4/c12-9-3-8-5-15-6-16-10(8)4-7(9)1-2-11(13)14/h3-4H,1-2,5-6H2,(H,13,14). The van der Waals surface area contributed by atoms with Gasteiger partial charge in [-0.05, 0) is 24.1 Å². The molecule has 0 saturated carbocycles. The van der Waals surface area contributed by atoms with E-state index in [0.29, 0.717) is 13.0 Å². The Hall–Kier alpha value is -1.07. The van der Waals surface area contributed by atoms with E-state index in [9.17, 15) is 4.79 Å². The smallest absolute Gasteiger partial charge is 0.303 e. The van der Waals surface area contributed by atoms with Crippen LogP contribution in [-0.2, 0) is 22.6 Å². The number of halogens is 1. The molecule has 0 unspecified atom stereocenters. The first kappa shape index (κ1) is 11.4. The van der Waals surface area contributed by atoms with Crippen LogP contribution in [0.4, 0.5) is 0 Å². The molecule has 4 nitrogen and oxygen atoms in total. The Morgan fingerprint density at radius 1 is 1.50 bits per heavy atom. The number of rotatable bonds is 3. The fourth-order valence-electron chi connectivity index (χ4n) is 1.57. The minimum absolute atomic E-state index is 0.119. The molecule has 1 N–H and O–H groups in total. The fraction of sp³-hybridized carbons (Fsp3) is 0.364. The van der Waals surface area contributed by atoms with Crippen molar-refractivity contribution in [2.45, 2.75) is 19.4 Å². The van der Waals surface area contributed by atoms with Gasteiger partial charge in [0.15, 0.2) is 6.79 Å². The number of aryl methyl sites for hydroxylation is 1. The van der Waals surface area contributed by atoms with Crippen LogP contribution < -0.4 is 4.74 Å². The third-order valence-corrected chi connectivity index (χ3v) is 3.13. The van der Waals surface area contributed by atoms with Gasteiger partial charge in [0, 0.05) is 16.5 Å². The molecule has 0 fully saturated rings. The van der Waals surface area contributed by atoms with Crippen LogP contribution in [0, 0.1) is 0 Å². The summed E-state index contributed by atoms with van der Waals surface area (Å²) in [5.41, 5.74) is 1.93. The number of carboxylic acid groups (broad SMARTS) is 1. The molecule has 0 spiro atoms. The normalized spacial score (nSPS) is 14.1. The number of aliphatic carboxylic acids is 1. The zero-order valence-corrected chi connectivity index (χ0v) is 10.1. The molecule has 0 saturated heterocycles. The summed E-state index contributed by atoms with van der Waals surface area (Å²) in [5, 5.41) is 8.64. The lowest BCUT2D eigenvalue weighted by Crippen LogP contribution is -2.12. The minimum atomic E-state index is -0.797. The fourth-order valence-corrected chi connectivity index (χ4v) is 2.16. The Bertz CT molecular complexity index is 417. The van der Waals surface area contributed by atoms with Crippen molar-refractivity contribution in [1.29, 1.82) is 0 Å². The van der Waals surface area contributed by atoms with E-state index in [4.69, 9.17) is 14.6 Å². The molecule has 0 bridgehead atoms. The number of benzene rings is 1. The van der Waals surface area contributed by atoms with Gasteiger partial charge in [-0.3, -0.25) is 4.79 Å². The summed E-state index contributed by atoms with van der Waals surface area (Å²) in [5.74, 6) is -0.0105. The molecule has 16 heavy (non-hydrogen) atoms. The number of hydrogen-bond acceptors (Lipinski definition) is 3. The molecule has 1 aliphatic heterocycles. The van der Waals surface area contributed by atoms with Crippen molar-refractivity contribution in [1.82, 2.24) is 0 Å². The quantitative estimate of drug-likeness (QED) is 0.927. The van der Waals surface area contributed by atoms with E-state index >= 15 is 0 Å². The summed E-state index contributed by atoms with van der Waals surface area (Å²) >= 11 is 3.42. The SMILES string of the molecule is O=C(O)CCc1cc2c(cc1Br)COCO2. The maximum Gasteiger partial charge on any atom is 0.303 e. The molecule has 0 aliphatic carbocycles.